The molecule has 0 fully saturated rings. The smallest absolute Gasteiger partial charge is 0.00156 e. The van der Waals surface area contributed by atoms with Crippen molar-refractivity contribution < 1.29 is 0 Å². The minimum Gasteiger partial charge on any atom is -0.303 e. The topological polar surface area (TPSA) is 3.24 Å². The van der Waals surface area contributed by atoms with Crippen molar-refractivity contribution in [3.63, 3.8) is 0 Å². The van der Waals surface area contributed by atoms with Crippen LogP contribution in [0.2, 0.25) is 0 Å². The molecule has 1 aromatic carbocycles. The Morgan fingerprint density at radius 3 is 2.00 bits per heavy atom. The van der Waals surface area contributed by atoms with E-state index in [1.165, 1.54) is 56.4 Å². The molecule has 1 nitrogen and oxygen atoms in total. The van der Waals surface area contributed by atoms with Gasteiger partial charge in [0.15, 0.2) is 0 Å². The Morgan fingerprint density at radius 1 is 0.882 bits per heavy atom. The maximum absolute atomic E-state index is 2.59. The van der Waals surface area contributed by atoms with E-state index in [1.807, 2.05) is 0 Å². The highest BCUT2D eigenvalue weighted by atomic mass is 15.1. The average molecular weight is 233 g/mol. The Morgan fingerprint density at radius 2 is 1.47 bits per heavy atom. The molecule has 0 bridgehead atoms. The number of nitrogens with zero attached hydrogens (tertiary/aromatic N) is 1. The first-order chi connectivity index (χ1) is 8.26. The zero-order valence-electron chi connectivity index (χ0n) is 11.7. The fraction of sp³-hybridized carbons (Fsp3) is 0.625. The highest BCUT2D eigenvalue weighted by Crippen LogP contribution is 2.07. The lowest BCUT2D eigenvalue weighted by molar-refractivity contribution is 0.271. The van der Waals surface area contributed by atoms with Crippen LogP contribution < -0.4 is 0 Å². The van der Waals surface area contributed by atoms with Gasteiger partial charge in [0.2, 0.25) is 0 Å². The zero-order valence-corrected chi connectivity index (χ0v) is 11.7. The molecule has 1 aromatic rings. The molecule has 0 atom stereocenters. The van der Waals surface area contributed by atoms with Crippen LogP contribution >= 0.6 is 0 Å². The second kappa shape index (κ2) is 8.30. The lowest BCUT2D eigenvalue weighted by atomic mass is 10.1. The third-order valence-electron chi connectivity index (χ3n) is 3.14. The van der Waals surface area contributed by atoms with Crippen LogP contribution in [0.4, 0.5) is 0 Å². The number of benzene rings is 1. The first-order valence-corrected chi connectivity index (χ1v) is 7.04. The van der Waals surface area contributed by atoms with Crippen molar-refractivity contribution in [3.05, 3.63) is 35.4 Å². The zero-order chi connectivity index (χ0) is 12.5. The lowest BCUT2D eigenvalue weighted by Crippen LogP contribution is -2.26. The van der Waals surface area contributed by atoms with Crippen LogP contribution in [0.15, 0.2) is 24.3 Å². The van der Waals surface area contributed by atoms with Crippen LogP contribution in [0.3, 0.4) is 0 Å². The summed E-state index contributed by atoms with van der Waals surface area (Å²) in [5.74, 6) is 0. The van der Waals surface area contributed by atoms with Gasteiger partial charge in [0, 0.05) is 0 Å². The van der Waals surface area contributed by atoms with Gasteiger partial charge in [-0.25, -0.2) is 0 Å². The van der Waals surface area contributed by atoms with E-state index in [0.29, 0.717) is 0 Å². The summed E-state index contributed by atoms with van der Waals surface area (Å²) in [4.78, 5) is 2.59. The third kappa shape index (κ3) is 5.88. The Kier molecular flexibility index (Phi) is 6.95. The van der Waals surface area contributed by atoms with Gasteiger partial charge in [-0.15, -0.1) is 0 Å². The summed E-state index contributed by atoms with van der Waals surface area (Å²) in [6.45, 7) is 10.4. The number of hydrogen-bond donors (Lipinski definition) is 0. The molecule has 17 heavy (non-hydrogen) atoms. The molecule has 96 valence electrons. The maximum Gasteiger partial charge on any atom is -0.00156 e. The summed E-state index contributed by atoms with van der Waals surface area (Å²) >= 11 is 0. The van der Waals surface area contributed by atoms with Crippen molar-refractivity contribution in [2.75, 3.05) is 19.6 Å². The van der Waals surface area contributed by atoms with Gasteiger partial charge in [-0.1, -0.05) is 43.7 Å². The van der Waals surface area contributed by atoms with E-state index in [2.05, 4.69) is 49.9 Å². The summed E-state index contributed by atoms with van der Waals surface area (Å²) in [6, 6.07) is 8.95. The van der Waals surface area contributed by atoms with Crippen molar-refractivity contribution in [1.29, 1.82) is 0 Å². The normalized spacial score (nSPS) is 11.1. The van der Waals surface area contributed by atoms with E-state index in [9.17, 15) is 0 Å². The summed E-state index contributed by atoms with van der Waals surface area (Å²) in [5, 5.41) is 0. The second-order valence-electron chi connectivity index (χ2n) is 4.93. The van der Waals surface area contributed by atoms with E-state index in [1.54, 1.807) is 0 Å². The quantitative estimate of drug-likeness (QED) is 0.655. The van der Waals surface area contributed by atoms with Crippen molar-refractivity contribution in [2.45, 2.75) is 46.5 Å². The Balaban J connectivity index is 2.27. The van der Waals surface area contributed by atoms with E-state index in [-0.39, 0.29) is 0 Å². The van der Waals surface area contributed by atoms with Gasteiger partial charge in [-0.05, 0) is 57.8 Å². The summed E-state index contributed by atoms with van der Waals surface area (Å²) in [5.41, 5.74) is 2.83. The van der Waals surface area contributed by atoms with Gasteiger partial charge in [0.25, 0.3) is 0 Å². The minimum absolute atomic E-state index is 1.21. The van der Waals surface area contributed by atoms with Gasteiger partial charge in [0.1, 0.15) is 0 Å². The monoisotopic (exact) mass is 233 g/mol. The minimum atomic E-state index is 1.21. The molecule has 1 heteroatoms. The molecular formula is C16H27N. The lowest BCUT2D eigenvalue weighted by Gasteiger charge is -2.20. The molecule has 0 unspecified atom stereocenters. The fourth-order valence-electron chi connectivity index (χ4n) is 2.23. The Labute approximate surface area is 107 Å². The van der Waals surface area contributed by atoms with E-state index < -0.39 is 0 Å². The largest absolute Gasteiger partial charge is 0.303 e. The van der Waals surface area contributed by atoms with Crippen molar-refractivity contribution >= 4 is 0 Å². The molecule has 0 amide bonds. The Bertz CT molecular complexity index is 283. The van der Waals surface area contributed by atoms with Crippen LogP contribution in [0.1, 0.15) is 44.2 Å². The number of rotatable bonds is 8. The number of hydrogen-bond acceptors (Lipinski definition) is 1. The molecule has 0 saturated carbocycles. The summed E-state index contributed by atoms with van der Waals surface area (Å²) in [6.07, 6.45) is 5.03. The van der Waals surface area contributed by atoms with Crippen molar-refractivity contribution in [2.24, 2.45) is 0 Å². The van der Waals surface area contributed by atoms with Gasteiger partial charge in [-0.3, -0.25) is 0 Å². The standard InChI is InChI=1S/C16H27N/c1-4-12-17(13-5-2)14-6-7-16-10-8-15(3)9-11-16/h8-11H,4-7,12-14H2,1-3H3. The molecule has 0 heterocycles. The molecule has 0 radical (unpaired) electrons. The first-order valence-electron chi connectivity index (χ1n) is 7.04. The molecule has 1 rings (SSSR count). The van der Waals surface area contributed by atoms with Crippen molar-refractivity contribution in [3.8, 4) is 0 Å². The molecular weight excluding hydrogens is 206 g/mol. The van der Waals surface area contributed by atoms with Crippen LogP contribution in [-0.4, -0.2) is 24.5 Å². The first kappa shape index (κ1) is 14.2. The summed E-state index contributed by atoms with van der Waals surface area (Å²) in [7, 11) is 0. The highest BCUT2D eigenvalue weighted by molar-refractivity contribution is 5.21. The predicted molar refractivity (Wildman–Crippen MR) is 76.5 cm³/mol. The molecule has 0 aliphatic rings. The molecule has 0 aliphatic heterocycles. The van der Waals surface area contributed by atoms with E-state index in [0.717, 1.165) is 0 Å². The van der Waals surface area contributed by atoms with Gasteiger partial charge in [-0.2, -0.15) is 0 Å². The Hall–Kier alpha value is -0.820. The van der Waals surface area contributed by atoms with Crippen LogP contribution in [-0.2, 0) is 6.42 Å². The van der Waals surface area contributed by atoms with Gasteiger partial charge >= 0.3 is 0 Å². The molecule has 0 spiro atoms. The SMILES string of the molecule is CCCN(CCC)CCCc1ccc(C)cc1. The molecule has 0 N–H and O–H groups in total. The van der Waals surface area contributed by atoms with Gasteiger partial charge in [0.05, 0.1) is 0 Å². The van der Waals surface area contributed by atoms with Crippen LogP contribution in [0.5, 0.6) is 0 Å². The highest BCUT2D eigenvalue weighted by Gasteiger charge is 2.02. The van der Waals surface area contributed by atoms with Gasteiger partial charge < -0.3 is 4.90 Å². The van der Waals surface area contributed by atoms with Crippen molar-refractivity contribution in [1.82, 2.24) is 4.90 Å². The molecule has 0 aliphatic carbocycles. The predicted octanol–water partition coefficient (Wildman–Crippen LogP) is 4.05. The second-order valence-corrected chi connectivity index (χ2v) is 4.93. The van der Waals surface area contributed by atoms with Crippen LogP contribution in [0, 0.1) is 6.92 Å². The fourth-order valence-corrected chi connectivity index (χ4v) is 2.23. The number of aryl methyl sites for hydroxylation is 2. The summed E-state index contributed by atoms with van der Waals surface area (Å²) < 4.78 is 0. The molecule has 0 saturated heterocycles. The van der Waals surface area contributed by atoms with E-state index >= 15 is 0 Å². The van der Waals surface area contributed by atoms with E-state index in [4.69, 9.17) is 0 Å². The maximum atomic E-state index is 2.59. The molecule has 0 aromatic heterocycles. The van der Waals surface area contributed by atoms with Crippen LogP contribution in [0.25, 0.3) is 0 Å². The average Bonchev–Trinajstić information content (AvgIpc) is 2.32. The third-order valence-corrected chi connectivity index (χ3v) is 3.14.